The number of aryl methyl sites for hydroxylation is 1. The summed E-state index contributed by atoms with van der Waals surface area (Å²) in [5.41, 5.74) is 2.87. The number of nitrogens with one attached hydrogen (secondary N) is 1. The molecule has 0 bridgehead atoms. The van der Waals surface area contributed by atoms with Crippen LogP contribution in [0.2, 0.25) is 0 Å². The third-order valence-electron chi connectivity index (χ3n) is 3.87. The zero-order valence-electron chi connectivity index (χ0n) is 13.7. The predicted molar refractivity (Wildman–Crippen MR) is 85.5 cm³/mol. The molecule has 122 valence electrons. The molecule has 1 aromatic rings. The third kappa shape index (κ3) is 8.78. The third-order valence-corrected chi connectivity index (χ3v) is 3.87. The van der Waals surface area contributed by atoms with Crippen LogP contribution in [0, 0.1) is 0 Å². The number of hydrogen-bond donors (Lipinski definition) is 2. The molecule has 6 nitrogen and oxygen atoms in total. The quantitative estimate of drug-likeness (QED) is 0.332. The van der Waals surface area contributed by atoms with Crippen molar-refractivity contribution in [3.05, 3.63) is 5.82 Å². The van der Waals surface area contributed by atoms with E-state index in [4.69, 9.17) is 5.84 Å². The van der Waals surface area contributed by atoms with Crippen LogP contribution >= 0.6 is 0 Å². The summed E-state index contributed by atoms with van der Waals surface area (Å²) in [7, 11) is 1.78. The number of aromatic nitrogens is 4. The first-order chi connectivity index (χ1) is 10.3. The molecule has 1 unspecified atom stereocenters. The molecule has 0 aromatic carbocycles. The van der Waals surface area contributed by atoms with Crippen LogP contribution in [0.25, 0.3) is 0 Å². The highest BCUT2D eigenvalue weighted by atomic mass is 15.6. The van der Waals surface area contributed by atoms with Crippen LogP contribution in [0.15, 0.2) is 0 Å². The maximum absolute atomic E-state index is 5.60. The summed E-state index contributed by atoms with van der Waals surface area (Å²) >= 11 is 0. The second-order valence-electron chi connectivity index (χ2n) is 5.88. The SMILES string of the molecule is CCCCCCCCCCCC(Cc1nnn(C)n1)NN. The Morgan fingerprint density at radius 1 is 1.05 bits per heavy atom. The van der Waals surface area contributed by atoms with E-state index in [0.29, 0.717) is 0 Å². The number of rotatable bonds is 13. The molecule has 21 heavy (non-hydrogen) atoms. The highest BCUT2D eigenvalue weighted by Crippen LogP contribution is 2.12. The molecule has 0 saturated carbocycles. The van der Waals surface area contributed by atoms with Crippen molar-refractivity contribution in [2.75, 3.05) is 0 Å². The molecule has 6 heteroatoms. The second kappa shape index (κ2) is 11.6. The van der Waals surface area contributed by atoms with E-state index in [1.807, 2.05) is 0 Å². The summed E-state index contributed by atoms with van der Waals surface area (Å²) in [5.74, 6) is 6.36. The second-order valence-corrected chi connectivity index (χ2v) is 5.88. The minimum atomic E-state index is 0.249. The molecule has 0 amide bonds. The Labute approximate surface area is 128 Å². The van der Waals surface area contributed by atoms with Gasteiger partial charge in [0.2, 0.25) is 0 Å². The molecule has 0 saturated heterocycles. The van der Waals surface area contributed by atoms with E-state index < -0.39 is 0 Å². The first-order valence-electron chi connectivity index (χ1n) is 8.45. The molecule has 0 aliphatic carbocycles. The lowest BCUT2D eigenvalue weighted by molar-refractivity contribution is 0.450. The summed E-state index contributed by atoms with van der Waals surface area (Å²) in [6, 6.07) is 0.249. The molecule has 3 N–H and O–H groups in total. The number of hydrazine groups is 1. The van der Waals surface area contributed by atoms with Crippen molar-refractivity contribution in [3.63, 3.8) is 0 Å². The van der Waals surface area contributed by atoms with Gasteiger partial charge in [-0.25, -0.2) is 0 Å². The average molecular weight is 296 g/mol. The van der Waals surface area contributed by atoms with Crippen LogP contribution in [-0.4, -0.2) is 26.2 Å². The highest BCUT2D eigenvalue weighted by molar-refractivity contribution is 4.83. The van der Waals surface area contributed by atoms with Gasteiger partial charge in [-0.3, -0.25) is 11.3 Å². The standard InChI is InChI=1S/C15H32N6/c1-3-4-5-6-7-8-9-10-11-12-14(17-16)13-15-18-20-21(2)19-15/h14,17H,3-13,16H2,1-2H3. The molecule has 0 aliphatic heterocycles. The predicted octanol–water partition coefficient (Wildman–Crippen LogP) is 2.51. The first-order valence-corrected chi connectivity index (χ1v) is 8.45. The molecule has 1 heterocycles. The van der Waals surface area contributed by atoms with Gasteiger partial charge in [-0.15, -0.1) is 10.2 Å². The molecule has 0 fully saturated rings. The largest absolute Gasteiger partial charge is 0.271 e. The van der Waals surface area contributed by atoms with E-state index >= 15 is 0 Å². The van der Waals surface area contributed by atoms with Crippen LogP contribution in [0.1, 0.15) is 77.0 Å². The van der Waals surface area contributed by atoms with Crippen molar-refractivity contribution in [2.24, 2.45) is 12.9 Å². The Kier molecular flexibility index (Phi) is 9.99. The minimum absolute atomic E-state index is 0.249. The van der Waals surface area contributed by atoms with Crippen LogP contribution < -0.4 is 11.3 Å². The van der Waals surface area contributed by atoms with Crippen molar-refractivity contribution in [2.45, 2.75) is 83.6 Å². The smallest absolute Gasteiger partial charge is 0.176 e. The number of unbranched alkanes of at least 4 members (excludes halogenated alkanes) is 8. The van der Waals surface area contributed by atoms with Gasteiger partial charge in [0.25, 0.3) is 0 Å². The normalized spacial score (nSPS) is 12.7. The van der Waals surface area contributed by atoms with Gasteiger partial charge in [-0.1, -0.05) is 64.7 Å². The molecule has 0 spiro atoms. The van der Waals surface area contributed by atoms with Gasteiger partial charge >= 0.3 is 0 Å². The van der Waals surface area contributed by atoms with Gasteiger partial charge in [0.05, 0.1) is 7.05 Å². The number of tetrazole rings is 1. The molecule has 1 atom stereocenters. The Morgan fingerprint density at radius 2 is 1.67 bits per heavy atom. The van der Waals surface area contributed by atoms with Gasteiger partial charge in [0.15, 0.2) is 5.82 Å². The molecule has 0 aliphatic rings. The zero-order valence-corrected chi connectivity index (χ0v) is 13.7. The number of hydrogen-bond acceptors (Lipinski definition) is 5. The van der Waals surface area contributed by atoms with E-state index in [1.54, 1.807) is 7.05 Å². The summed E-state index contributed by atoms with van der Waals surface area (Å²) in [5, 5.41) is 12.0. The Balaban J connectivity index is 1.99. The topological polar surface area (TPSA) is 81.7 Å². The lowest BCUT2D eigenvalue weighted by Crippen LogP contribution is -2.37. The summed E-state index contributed by atoms with van der Waals surface area (Å²) < 4.78 is 0. The van der Waals surface area contributed by atoms with Crippen molar-refractivity contribution in [1.29, 1.82) is 0 Å². The van der Waals surface area contributed by atoms with Crippen LogP contribution in [-0.2, 0) is 13.5 Å². The van der Waals surface area contributed by atoms with Gasteiger partial charge in [-0.2, -0.15) is 4.80 Å². The van der Waals surface area contributed by atoms with E-state index in [9.17, 15) is 0 Å². The number of nitrogens with two attached hydrogens (primary N) is 1. The van der Waals surface area contributed by atoms with Crippen molar-refractivity contribution < 1.29 is 0 Å². The first kappa shape index (κ1) is 18.0. The van der Waals surface area contributed by atoms with Crippen LogP contribution in [0.3, 0.4) is 0 Å². The van der Waals surface area contributed by atoms with E-state index in [0.717, 1.165) is 18.7 Å². The molecular formula is C15H32N6. The fourth-order valence-electron chi connectivity index (χ4n) is 2.57. The zero-order chi connectivity index (χ0) is 15.3. The van der Waals surface area contributed by atoms with Gasteiger partial charge in [0, 0.05) is 12.5 Å². The maximum Gasteiger partial charge on any atom is 0.176 e. The molecule has 1 rings (SSSR count). The lowest BCUT2D eigenvalue weighted by atomic mass is 10.0. The molecule has 0 radical (unpaired) electrons. The Hall–Kier alpha value is -1.01. The maximum atomic E-state index is 5.60. The van der Waals surface area contributed by atoms with Crippen LogP contribution in [0.4, 0.5) is 0 Å². The molecular weight excluding hydrogens is 264 g/mol. The van der Waals surface area contributed by atoms with Crippen molar-refractivity contribution >= 4 is 0 Å². The Bertz CT molecular complexity index is 352. The van der Waals surface area contributed by atoms with Gasteiger partial charge < -0.3 is 0 Å². The van der Waals surface area contributed by atoms with Crippen LogP contribution in [0.5, 0.6) is 0 Å². The average Bonchev–Trinajstić information content (AvgIpc) is 2.89. The van der Waals surface area contributed by atoms with Crippen molar-refractivity contribution in [3.8, 4) is 0 Å². The van der Waals surface area contributed by atoms with E-state index in [-0.39, 0.29) is 6.04 Å². The van der Waals surface area contributed by atoms with Gasteiger partial charge in [0.1, 0.15) is 0 Å². The fraction of sp³-hybridized carbons (Fsp3) is 0.933. The van der Waals surface area contributed by atoms with E-state index in [2.05, 4.69) is 27.8 Å². The highest BCUT2D eigenvalue weighted by Gasteiger charge is 2.11. The number of nitrogens with zero attached hydrogens (tertiary/aromatic N) is 4. The molecule has 1 aromatic heterocycles. The monoisotopic (exact) mass is 296 g/mol. The minimum Gasteiger partial charge on any atom is -0.271 e. The Morgan fingerprint density at radius 3 is 2.19 bits per heavy atom. The van der Waals surface area contributed by atoms with Crippen molar-refractivity contribution in [1.82, 2.24) is 25.6 Å². The van der Waals surface area contributed by atoms with E-state index in [1.165, 1.54) is 62.6 Å². The summed E-state index contributed by atoms with van der Waals surface area (Å²) in [6.07, 6.45) is 14.0. The summed E-state index contributed by atoms with van der Waals surface area (Å²) in [4.78, 5) is 1.49. The summed E-state index contributed by atoms with van der Waals surface area (Å²) in [6.45, 7) is 2.26. The lowest BCUT2D eigenvalue weighted by Gasteiger charge is -2.13. The fourth-order valence-corrected chi connectivity index (χ4v) is 2.57. The van der Waals surface area contributed by atoms with Gasteiger partial charge in [-0.05, 0) is 11.6 Å².